The van der Waals surface area contributed by atoms with Crippen LogP contribution in [0.3, 0.4) is 0 Å². The lowest BCUT2D eigenvalue weighted by atomic mass is 9.61. The smallest absolute Gasteiger partial charge is 0.309 e. The molecule has 1 aliphatic carbocycles. The summed E-state index contributed by atoms with van der Waals surface area (Å²) >= 11 is 3.41. The molecular weight excluding hydrogens is 354 g/mol. The quantitative estimate of drug-likeness (QED) is 0.715. The topological polar surface area (TPSA) is 39.2 Å². The molecule has 1 unspecified atom stereocenters. The van der Waals surface area contributed by atoms with E-state index in [0.29, 0.717) is 23.7 Å². The fraction of sp³-hybridized carbons (Fsp3) is 0.579. The van der Waals surface area contributed by atoms with Gasteiger partial charge in [0.15, 0.2) is 0 Å². The Hall–Kier alpha value is -1.16. The van der Waals surface area contributed by atoms with Gasteiger partial charge in [-0.3, -0.25) is 9.78 Å². The first-order valence-electron chi connectivity index (χ1n) is 8.51. The number of aromatic nitrogens is 1. The molecule has 0 spiro atoms. The average Bonchev–Trinajstić information content (AvgIpc) is 2.80. The Kier molecular flexibility index (Phi) is 4.90. The van der Waals surface area contributed by atoms with Crippen molar-refractivity contribution >= 4 is 28.0 Å². The Morgan fingerprint density at radius 2 is 2.17 bits per heavy atom. The molecule has 4 heteroatoms. The lowest BCUT2D eigenvalue weighted by Crippen LogP contribution is -2.40. The minimum absolute atomic E-state index is 0.00377. The summed E-state index contributed by atoms with van der Waals surface area (Å²) in [5.41, 5.74) is 0.954. The average molecular weight is 378 g/mol. The van der Waals surface area contributed by atoms with Crippen molar-refractivity contribution in [2.75, 3.05) is 0 Å². The minimum Gasteiger partial charge on any atom is -0.462 e. The molecule has 0 bridgehead atoms. The number of halogens is 1. The van der Waals surface area contributed by atoms with Gasteiger partial charge in [-0.15, -0.1) is 0 Å². The van der Waals surface area contributed by atoms with Crippen LogP contribution in [-0.4, -0.2) is 17.1 Å². The third kappa shape index (κ3) is 3.23. The number of allylic oxidation sites excluding steroid dienone is 1. The number of nitrogens with zero attached hydrogens (tertiary/aromatic N) is 1. The summed E-state index contributed by atoms with van der Waals surface area (Å²) in [5.74, 6) is 1.89. The molecule has 0 amide bonds. The zero-order chi connectivity index (χ0) is 16.6. The molecule has 3 nitrogen and oxygen atoms in total. The third-order valence-corrected chi connectivity index (χ3v) is 6.09. The molecular formula is C19H24BrNO2. The van der Waals surface area contributed by atoms with Crippen molar-refractivity contribution in [3.63, 3.8) is 0 Å². The second-order valence-electron chi connectivity index (χ2n) is 6.95. The van der Waals surface area contributed by atoms with Crippen LogP contribution in [0.4, 0.5) is 0 Å². The maximum absolute atomic E-state index is 12.2. The van der Waals surface area contributed by atoms with E-state index in [-0.39, 0.29) is 18.0 Å². The zero-order valence-electron chi connectivity index (χ0n) is 13.9. The summed E-state index contributed by atoms with van der Waals surface area (Å²) < 4.78 is 6.54. The van der Waals surface area contributed by atoms with Gasteiger partial charge in [0, 0.05) is 16.6 Å². The Balaban J connectivity index is 1.88. The summed E-state index contributed by atoms with van der Waals surface area (Å²) in [6.07, 6.45) is 8.30. The van der Waals surface area contributed by atoms with Gasteiger partial charge < -0.3 is 4.74 Å². The number of esters is 1. The maximum Gasteiger partial charge on any atom is 0.309 e. The Labute approximate surface area is 146 Å². The first-order valence-corrected chi connectivity index (χ1v) is 9.30. The largest absolute Gasteiger partial charge is 0.462 e. The van der Waals surface area contributed by atoms with Crippen molar-refractivity contribution < 1.29 is 9.53 Å². The van der Waals surface area contributed by atoms with Crippen LogP contribution in [-0.2, 0) is 9.53 Å². The van der Waals surface area contributed by atoms with Crippen molar-refractivity contribution in [2.45, 2.75) is 39.7 Å². The van der Waals surface area contributed by atoms with Crippen molar-refractivity contribution in [3.8, 4) is 0 Å². The van der Waals surface area contributed by atoms with Gasteiger partial charge in [-0.05, 0) is 65.2 Å². The summed E-state index contributed by atoms with van der Waals surface area (Å²) in [6, 6.07) is 4.01. The first kappa shape index (κ1) is 16.7. The normalized spacial score (nSPS) is 37.0. The SMILES string of the molecule is CCC1[C@@H](C)C[C@H]2C(=O)O[C@H](C)[C@H]2[C@H]1/C=C/c1ccc(Br)cn1. The van der Waals surface area contributed by atoms with Gasteiger partial charge in [-0.2, -0.15) is 0 Å². The molecule has 1 saturated carbocycles. The van der Waals surface area contributed by atoms with E-state index in [1.807, 2.05) is 25.3 Å². The van der Waals surface area contributed by atoms with Gasteiger partial charge in [-0.25, -0.2) is 0 Å². The van der Waals surface area contributed by atoms with Crippen LogP contribution >= 0.6 is 15.9 Å². The van der Waals surface area contributed by atoms with Gasteiger partial charge in [-0.1, -0.05) is 26.3 Å². The molecule has 0 aromatic carbocycles. The Morgan fingerprint density at radius 3 is 2.83 bits per heavy atom. The predicted molar refractivity (Wildman–Crippen MR) is 94.6 cm³/mol. The number of hydrogen-bond donors (Lipinski definition) is 0. The van der Waals surface area contributed by atoms with Crippen molar-refractivity contribution in [3.05, 3.63) is 34.6 Å². The monoisotopic (exact) mass is 377 g/mol. The highest BCUT2D eigenvalue weighted by molar-refractivity contribution is 9.10. The molecule has 124 valence electrons. The highest BCUT2D eigenvalue weighted by atomic mass is 79.9. The van der Waals surface area contributed by atoms with Crippen LogP contribution in [0.1, 0.15) is 39.3 Å². The highest BCUT2D eigenvalue weighted by Crippen LogP contribution is 2.50. The zero-order valence-corrected chi connectivity index (χ0v) is 15.5. The Bertz CT molecular complexity index is 598. The van der Waals surface area contributed by atoms with E-state index >= 15 is 0 Å². The van der Waals surface area contributed by atoms with E-state index in [4.69, 9.17) is 4.74 Å². The number of ether oxygens (including phenoxy) is 1. The molecule has 3 rings (SSSR count). The van der Waals surface area contributed by atoms with Crippen LogP contribution in [0, 0.1) is 29.6 Å². The van der Waals surface area contributed by atoms with E-state index in [2.05, 4.69) is 46.9 Å². The number of cyclic esters (lactones) is 1. The predicted octanol–water partition coefficient (Wildman–Crippen LogP) is 4.72. The second-order valence-corrected chi connectivity index (χ2v) is 7.86. The van der Waals surface area contributed by atoms with E-state index in [9.17, 15) is 4.79 Å². The van der Waals surface area contributed by atoms with Crippen molar-refractivity contribution in [2.24, 2.45) is 29.6 Å². The van der Waals surface area contributed by atoms with E-state index < -0.39 is 0 Å². The van der Waals surface area contributed by atoms with Gasteiger partial charge in [0.1, 0.15) is 6.10 Å². The fourth-order valence-electron chi connectivity index (χ4n) is 4.55. The van der Waals surface area contributed by atoms with Crippen LogP contribution in [0.2, 0.25) is 0 Å². The highest BCUT2D eigenvalue weighted by Gasteiger charge is 2.52. The van der Waals surface area contributed by atoms with Crippen LogP contribution in [0.25, 0.3) is 6.08 Å². The molecule has 1 aromatic heterocycles. The van der Waals surface area contributed by atoms with Gasteiger partial charge in [0.05, 0.1) is 11.6 Å². The number of pyridine rings is 1. The summed E-state index contributed by atoms with van der Waals surface area (Å²) in [7, 11) is 0. The lowest BCUT2D eigenvalue weighted by molar-refractivity contribution is -0.144. The van der Waals surface area contributed by atoms with E-state index in [1.54, 1.807) is 0 Å². The summed E-state index contributed by atoms with van der Waals surface area (Å²) in [5, 5.41) is 0. The molecule has 6 atom stereocenters. The van der Waals surface area contributed by atoms with E-state index in [0.717, 1.165) is 23.0 Å². The number of carbonyl (C=O) groups is 1. The number of carbonyl (C=O) groups excluding carboxylic acids is 1. The molecule has 1 aromatic rings. The molecule has 1 saturated heterocycles. The molecule has 2 heterocycles. The van der Waals surface area contributed by atoms with Crippen LogP contribution < -0.4 is 0 Å². The molecule has 1 aliphatic heterocycles. The molecule has 23 heavy (non-hydrogen) atoms. The maximum atomic E-state index is 12.2. The van der Waals surface area contributed by atoms with Crippen LogP contribution in [0.15, 0.2) is 28.9 Å². The van der Waals surface area contributed by atoms with Crippen LogP contribution in [0.5, 0.6) is 0 Å². The number of rotatable bonds is 3. The number of fused-ring (bicyclic) bond motifs is 1. The first-order chi connectivity index (χ1) is 11.0. The lowest BCUT2D eigenvalue weighted by Gasteiger charge is -2.41. The fourth-order valence-corrected chi connectivity index (χ4v) is 4.78. The molecule has 0 radical (unpaired) electrons. The van der Waals surface area contributed by atoms with E-state index in [1.165, 1.54) is 0 Å². The standard InChI is InChI=1S/C19H24BrNO2/c1-4-15-11(2)9-17-18(12(3)23-19(17)22)16(15)8-7-14-6-5-13(20)10-21-14/h5-8,10-12,15-18H,4,9H2,1-3H3/b8-7+/t11-,12+,15?,16-,17+,18-/m0/s1. The Morgan fingerprint density at radius 1 is 1.39 bits per heavy atom. The molecule has 2 fully saturated rings. The molecule has 2 aliphatic rings. The third-order valence-electron chi connectivity index (χ3n) is 5.62. The van der Waals surface area contributed by atoms with Gasteiger partial charge >= 0.3 is 5.97 Å². The summed E-state index contributed by atoms with van der Waals surface area (Å²) in [4.78, 5) is 16.6. The minimum atomic E-state index is 0.00377. The van der Waals surface area contributed by atoms with Gasteiger partial charge in [0.2, 0.25) is 0 Å². The number of hydrogen-bond acceptors (Lipinski definition) is 3. The van der Waals surface area contributed by atoms with Crippen molar-refractivity contribution in [1.82, 2.24) is 4.98 Å². The molecule has 0 N–H and O–H groups in total. The van der Waals surface area contributed by atoms with Crippen molar-refractivity contribution in [1.29, 1.82) is 0 Å². The second kappa shape index (κ2) is 6.76. The summed E-state index contributed by atoms with van der Waals surface area (Å²) in [6.45, 7) is 6.58. The van der Waals surface area contributed by atoms with Gasteiger partial charge in [0.25, 0.3) is 0 Å².